The third-order valence-electron chi connectivity index (χ3n) is 5.96. The van der Waals surface area contributed by atoms with Gasteiger partial charge < -0.3 is 11.5 Å². The standard InChI is InChI=1S/C22H29N5O4/c1-3-26-21(30)18(17(28)13-25-12-8-7-11-16(25)20(24)29)19(23)27(22(26)31)14(2)15-9-5-4-6-10-15/h4-6,9-10,14,16H,3,7-8,11-13,23H2,1-2H3,(H2,24,29)/t14-,16+/m0/s1. The molecule has 2 aromatic rings. The van der Waals surface area contributed by atoms with Gasteiger partial charge in [0.1, 0.15) is 11.4 Å². The number of nitrogens with zero attached hydrogens (tertiary/aromatic N) is 3. The van der Waals surface area contributed by atoms with Gasteiger partial charge >= 0.3 is 5.69 Å². The molecule has 1 aromatic heterocycles. The van der Waals surface area contributed by atoms with E-state index in [0.29, 0.717) is 13.0 Å². The molecule has 0 aliphatic carbocycles. The maximum absolute atomic E-state index is 13.2. The van der Waals surface area contributed by atoms with Gasteiger partial charge in [-0.15, -0.1) is 0 Å². The van der Waals surface area contributed by atoms with E-state index >= 15 is 0 Å². The number of ketones is 1. The second-order valence-electron chi connectivity index (χ2n) is 7.86. The summed E-state index contributed by atoms with van der Waals surface area (Å²) in [5.74, 6) is -1.17. The van der Waals surface area contributed by atoms with Crippen LogP contribution >= 0.6 is 0 Å². The second-order valence-corrected chi connectivity index (χ2v) is 7.86. The van der Waals surface area contributed by atoms with E-state index < -0.39 is 35.0 Å². The molecule has 1 aliphatic heterocycles. The molecule has 1 aliphatic rings. The van der Waals surface area contributed by atoms with Crippen molar-refractivity contribution in [3.05, 3.63) is 62.3 Å². The molecule has 9 nitrogen and oxygen atoms in total. The summed E-state index contributed by atoms with van der Waals surface area (Å²) in [5.41, 5.74) is 11.1. The van der Waals surface area contributed by atoms with Crippen molar-refractivity contribution in [2.45, 2.75) is 51.7 Å². The zero-order valence-electron chi connectivity index (χ0n) is 17.9. The first-order valence-electron chi connectivity index (χ1n) is 10.5. The van der Waals surface area contributed by atoms with Gasteiger partial charge in [0.05, 0.1) is 18.6 Å². The minimum absolute atomic E-state index is 0.105. The third kappa shape index (κ3) is 4.32. The van der Waals surface area contributed by atoms with Crippen LogP contribution in [0.5, 0.6) is 0 Å². The van der Waals surface area contributed by atoms with Crippen molar-refractivity contribution >= 4 is 17.5 Å². The zero-order valence-corrected chi connectivity index (χ0v) is 17.9. The molecule has 0 bridgehead atoms. The highest BCUT2D eigenvalue weighted by atomic mass is 16.2. The molecule has 0 spiro atoms. The molecule has 2 atom stereocenters. The Bertz CT molecular complexity index is 1090. The van der Waals surface area contributed by atoms with Crippen molar-refractivity contribution in [1.29, 1.82) is 0 Å². The van der Waals surface area contributed by atoms with Gasteiger partial charge in [0, 0.05) is 6.54 Å². The predicted molar refractivity (Wildman–Crippen MR) is 118 cm³/mol. The Morgan fingerprint density at radius 3 is 2.45 bits per heavy atom. The molecule has 0 saturated carbocycles. The van der Waals surface area contributed by atoms with Crippen molar-refractivity contribution in [3.8, 4) is 0 Å². The summed E-state index contributed by atoms with van der Waals surface area (Å²) in [6, 6.07) is 8.21. The molecular formula is C22H29N5O4. The van der Waals surface area contributed by atoms with Crippen LogP contribution in [0.1, 0.15) is 55.1 Å². The van der Waals surface area contributed by atoms with E-state index in [1.807, 2.05) is 30.3 Å². The zero-order chi connectivity index (χ0) is 22.7. The van der Waals surface area contributed by atoms with E-state index in [9.17, 15) is 19.2 Å². The summed E-state index contributed by atoms with van der Waals surface area (Å²) in [5, 5.41) is 0. The lowest BCUT2D eigenvalue weighted by Gasteiger charge is -2.33. The fourth-order valence-corrected chi connectivity index (χ4v) is 4.25. The van der Waals surface area contributed by atoms with Gasteiger partial charge in [0.25, 0.3) is 5.56 Å². The Kier molecular flexibility index (Phi) is 6.74. The molecule has 1 aromatic carbocycles. The summed E-state index contributed by atoms with van der Waals surface area (Å²) >= 11 is 0. The Balaban J connectivity index is 2.08. The molecule has 0 unspecified atom stereocenters. The minimum atomic E-state index is -0.709. The Morgan fingerprint density at radius 1 is 1.16 bits per heavy atom. The van der Waals surface area contributed by atoms with Gasteiger partial charge in [0.15, 0.2) is 5.78 Å². The first-order chi connectivity index (χ1) is 14.8. The van der Waals surface area contributed by atoms with Crippen molar-refractivity contribution in [1.82, 2.24) is 14.0 Å². The van der Waals surface area contributed by atoms with Crippen LogP contribution in [0.15, 0.2) is 39.9 Å². The summed E-state index contributed by atoms with van der Waals surface area (Å²) in [6.45, 7) is 3.93. The van der Waals surface area contributed by atoms with Crippen LogP contribution in [-0.4, -0.2) is 44.9 Å². The van der Waals surface area contributed by atoms with Gasteiger partial charge in [0.2, 0.25) is 5.91 Å². The number of carbonyl (C=O) groups excluding carboxylic acids is 2. The molecule has 1 saturated heterocycles. The number of primary amides is 1. The Morgan fingerprint density at radius 2 is 1.84 bits per heavy atom. The number of aromatic nitrogens is 2. The monoisotopic (exact) mass is 427 g/mol. The van der Waals surface area contributed by atoms with Crippen molar-refractivity contribution in [2.24, 2.45) is 5.73 Å². The van der Waals surface area contributed by atoms with E-state index in [1.165, 1.54) is 4.57 Å². The number of benzene rings is 1. The van der Waals surface area contributed by atoms with E-state index in [-0.39, 0.29) is 24.5 Å². The first-order valence-corrected chi connectivity index (χ1v) is 10.5. The number of nitrogens with two attached hydrogens (primary N) is 2. The number of hydrogen-bond acceptors (Lipinski definition) is 6. The summed E-state index contributed by atoms with van der Waals surface area (Å²) in [4.78, 5) is 52.7. The number of Topliss-reactive ketones (excluding diaryl/α,β-unsaturated/α-hetero) is 1. The third-order valence-corrected chi connectivity index (χ3v) is 5.96. The van der Waals surface area contributed by atoms with E-state index in [2.05, 4.69) is 0 Å². The first kappa shape index (κ1) is 22.5. The van der Waals surface area contributed by atoms with Gasteiger partial charge in [-0.2, -0.15) is 0 Å². The summed E-state index contributed by atoms with van der Waals surface area (Å²) in [6.07, 6.45) is 2.25. The molecule has 4 N–H and O–H groups in total. The largest absolute Gasteiger partial charge is 0.384 e. The molecular weight excluding hydrogens is 398 g/mol. The van der Waals surface area contributed by atoms with Gasteiger partial charge in [-0.05, 0) is 38.8 Å². The van der Waals surface area contributed by atoms with Crippen LogP contribution in [0.3, 0.4) is 0 Å². The molecule has 9 heteroatoms. The van der Waals surface area contributed by atoms with Crippen molar-refractivity contribution in [3.63, 3.8) is 0 Å². The molecule has 3 rings (SSSR count). The van der Waals surface area contributed by atoms with Crippen molar-refractivity contribution in [2.75, 3.05) is 18.8 Å². The Labute approximate surface area is 180 Å². The highest BCUT2D eigenvalue weighted by Gasteiger charge is 2.31. The fourth-order valence-electron chi connectivity index (χ4n) is 4.25. The highest BCUT2D eigenvalue weighted by molar-refractivity contribution is 6.01. The van der Waals surface area contributed by atoms with Gasteiger partial charge in [-0.3, -0.25) is 28.4 Å². The van der Waals surface area contributed by atoms with Crippen LogP contribution < -0.4 is 22.7 Å². The second kappa shape index (κ2) is 9.30. The maximum Gasteiger partial charge on any atom is 0.333 e. The molecule has 0 radical (unpaired) electrons. The normalized spacial score (nSPS) is 17.9. The maximum atomic E-state index is 13.2. The van der Waals surface area contributed by atoms with Crippen LogP contribution in [0, 0.1) is 0 Å². The van der Waals surface area contributed by atoms with Crippen LogP contribution in [0.4, 0.5) is 5.82 Å². The summed E-state index contributed by atoms with van der Waals surface area (Å²) in [7, 11) is 0. The topological polar surface area (TPSA) is 133 Å². The number of likely N-dealkylation sites (tertiary alicyclic amines) is 1. The number of nitrogen functional groups attached to an aromatic ring is 1. The van der Waals surface area contributed by atoms with Gasteiger partial charge in [-0.1, -0.05) is 36.8 Å². The number of carbonyl (C=O) groups is 2. The summed E-state index contributed by atoms with van der Waals surface area (Å²) < 4.78 is 2.31. The predicted octanol–water partition coefficient (Wildman–Crippen LogP) is 0.744. The number of rotatable bonds is 7. The van der Waals surface area contributed by atoms with Crippen LogP contribution in [0.25, 0.3) is 0 Å². The van der Waals surface area contributed by atoms with E-state index in [1.54, 1.807) is 18.7 Å². The smallest absolute Gasteiger partial charge is 0.333 e. The molecule has 1 amide bonds. The van der Waals surface area contributed by atoms with E-state index in [4.69, 9.17) is 11.5 Å². The van der Waals surface area contributed by atoms with Crippen molar-refractivity contribution < 1.29 is 9.59 Å². The van der Waals surface area contributed by atoms with Gasteiger partial charge in [-0.25, -0.2) is 4.79 Å². The molecule has 2 heterocycles. The lowest BCUT2D eigenvalue weighted by atomic mass is 10.0. The molecule has 31 heavy (non-hydrogen) atoms. The van der Waals surface area contributed by atoms with Crippen LogP contribution in [-0.2, 0) is 11.3 Å². The van der Waals surface area contributed by atoms with E-state index in [0.717, 1.165) is 23.0 Å². The van der Waals surface area contributed by atoms with Crippen LogP contribution in [0.2, 0.25) is 0 Å². The lowest BCUT2D eigenvalue weighted by Crippen LogP contribution is -2.51. The fraction of sp³-hybridized carbons (Fsp3) is 0.455. The highest BCUT2D eigenvalue weighted by Crippen LogP contribution is 2.21. The SMILES string of the molecule is CCn1c(=O)c(C(=O)CN2CCCC[C@@H]2C(N)=O)c(N)n([C@@H](C)c2ccccc2)c1=O. The average Bonchev–Trinajstić information content (AvgIpc) is 2.74. The number of anilines is 1. The lowest BCUT2D eigenvalue weighted by molar-refractivity contribution is -0.124. The number of piperidine rings is 1. The Hall–Kier alpha value is -3.20. The minimum Gasteiger partial charge on any atom is -0.384 e. The molecule has 1 fully saturated rings. The average molecular weight is 428 g/mol. The number of amides is 1. The quantitative estimate of drug-likeness (QED) is 0.626. The number of hydrogen-bond donors (Lipinski definition) is 2. The molecule has 166 valence electrons.